The molecule has 3 rings (SSSR count). The molecule has 0 saturated heterocycles. The number of hydrogen-bond acceptors (Lipinski definition) is 4. The van der Waals surface area contributed by atoms with E-state index in [1.54, 1.807) is 36.5 Å². The summed E-state index contributed by atoms with van der Waals surface area (Å²) in [7, 11) is 0. The van der Waals surface area contributed by atoms with Crippen molar-refractivity contribution in [3.05, 3.63) is 70.2 Å². The van der Waals surface area contributed by atoms with Crippen molar-refractivity contribution in [3.8, 4) is 10.9 Å². The fraction of sp³-hybridized carbons (Fsp3) is 0.0588. The van der Waals surface area contributed by atoms with Crippen LogP contribution in [0.4, 0.5) is 5.69 Å². The summed E-state index contributed by atoms with van der Waals surface area (Å²) in [6.45, 7) is 1.94. The highest BCUT2D eigenvalue weighted by atomic mass is 35.5. The fourth-order valence-corrected chi connectivity index (χ4v) is 2.74. The number of ether oxygens (including phenoxy) is 1. The van der Waals surface area contributed by atoms with Gasteiger partial charge in [0.25, 0.3) is 11.1 Å². The molecule has 1 aromatic heterocycles. The minimum absolute atomic E-state index is 0.225. The Hall–Kier alpha value is -2.37. The standard InChI is InChI=1S/C17H13ClN2O2S/c1-11-2-7-15(14(18)10-11)20-16(21)12-3-5-13(6-4-12)22-17-19-8-9-23-17/h2-10H,1H3,(H,20,21). The van der Waals surface area contributed by atoms with Crippen molar-refractivity contribution in [2.24, 2.45) is 0 Å². The van der Waals surface area contributed by atoms with Crippen molar-refractivity contribution in [1.29, 1.82) is 0 Å². The van der Waals surface area contributed by atoms with E-state index < -0.39 is 0 Å². The molecule has 0 spiro atoms. The van der Waals surface area contributed by atoms with E-state index in [0.717, 1.165) is 5.56 Å². The lowest BCUT2D eigenvalue weighted by Gasteiger charge is -2.08. The lowest BCUT2D eigenvalue weighted by Crippen LogP contribution is -2.12. The molecule has 3 aromatic rings. The minimum atomic E-state index is -0.225. The van der Waals surface area contributed by atoms with E-state index in [4.69, 9.17) is 16.3 Å². The number of halogens is 1. The lowest BCUT2D eigenvalue weighted by molar-refractivity contribution is 0.102. The molecule has 23 heavy (non-hydrogen) atoms. The Morgan fingerprint density at radius 2 is 2.00 bits per heavy atom. The molecule has 0 fully saturated rings. The topological polar surface area (TPSA) is 51.2 Å². The van der Waals surface area contributed by atoms with Crippen LogP contribution in [0.2, 0.25) is 5.02 Å². The molecule has 4 nitrogen and oxygen atoms in total. The third-order valence-corrected chi connectivity index (χ3v) is 4.07. The van der Waals surface area contributed by atoms with Gasteiger partial charge in [-0.25, -0.2) is 4.98 Å². The predicted octanol–water partition coefficient (Wildman–Crippen LogP) is 5.15. The van der Waals surface area contributed by atoms with Crippen molar-refractivity contribution in [3.63, 3.8) is 0 Å². The molecule has 0 aliphatic carbocycles. The van der Waals surface area contributed by atoms with Gasteiger partial charge >= 0.3 is 0 Å². The summed E-state index contributed by atoms with van der Waals surface area (Å²) in [6, 6.07) is 12.3. The van der Waals surface area contributed by atoms with Gasteiger partial charge in [-0.1, -0.05) is 29.0 Å². The van der Waals surface area contributed by atoms with Crippen LogP contribution in [0.15, 0.2) is 54.0 Å². The first kappa shape index (κ1) is 15.5. The summed E-state index contributed by atoms with van der Waals surface area (Å²) >= 11 is 7.53. The van der Waals surface area contributed by atoms with Gasteiger partial charge in [-0.2, -0.15) is 0 Å². The van der Waals surface area contributed by atoms with E-state index >= 15 is 0 Å². The van der Waals surface area contributed by atoms with Crippen LogP contribution >= 0.6 is 22.9 Å². The highest BCUT2D eigenvalue weighted by molar-refractivity contribution is 7.11. The summed E-state index contributed by atoms with van der Waals surface area (Å²) in [5.74, 6) is 0.404. The second-order valence-corrected chi connectivity index (χ2v) is 6.13. The summed E-state index contributed by atoms with van der Waals surface area (Å²) in [5.41, 5.74) is 2.15. The summed E-state index contributed by atoms with van der Waals surface area (Å²) in [5, 5.41) is 5.71. The van der Waals surface area contributed by atoms with Crippen LogP contribution in [0.5, 0.6) is 10.9 Å². The number of amides is 1. The molecule has 0 atom stereocenters. The molecular weight excluding hydrogens is 332 g/mol. The number of benzene rings is 2. The van der Waals surface area contributed by atoms with Gasteiger partial charge < -0.3 is 10.1 Å². The van der Waals surface area contributed by atoms with Gasteiger partial charge in [-0.3, -0.25) is 4.79 Å². The number of carbonyl (C=O) groups is 1. The largest absolute Gasteiger partial charge is 0.431 e. The first-order valence-corrected chi connectivity index (χ1v) is 8.12. The first-order chi connectivity index (χ1) is 11.1. The lowest BCUT2D eigenvalue weighted by atomic mass is 10.2. The van der Waals surface area contributed by atoms with E-state index in [1.807, 2.05) is 24.4 Å². The molecule has 0 saturated carbocycles. The summed E-state index contributed by atoms with van der Waals surface area (Å²) in [6.07, 6.45) is 1.67. The van der Waals surface area contributed by atoms with E-state index in [0.29, 0.717) is 27.2 Å². The van der Waals surface area contributed by atoms with Crippen molar-refractivity contribution in [2.45, 2.75) is 6.92 Å². The highest BCUT2D eigenvalue weighted by Crippen LogP contribution is 2.25. The number of hydrogen-bond donors (Lipinski definition) is 1. The zero-order valence-electron chi connectivity index (χ0n) is 12.2. The van der Waals surface area contributed by atoms with E-state index in [9.17, 15) is 4.79 Å². The molecule has 0 aliphatic heterocycles. The number of anilines is 1. The van der Waals surface area contributed by atoms with Gasteiger partial charge in [-0.05, 0) is 48.9 Å². The normalized spacial score (nSPS) is 10.3. The Morgan fingerprint density at radius 3 is 2.65 bits per heavy atom. The maximum atomic E-state index is 12.3. The van der Waals surface area contributed by atoms with Gasteiger partial charge in [0, 0.05) is 17.1 Å². The van der Waals surface area contributed by atoms with Crippen LogP contribution < -0.4 is 10.1 Å². The number of aryl methyl sites for hydroxylation is 1. The molecule has 2 aromatic carbocycles. The van der Waals surface area contributed by atoms with Gasteiger partial charge in [-0.15, -0.1) is 0 Å². The molecule has 1 heterocycles. The number of nitrogens with one attached hydrogen (secondary N) is 1. The zero-order chi connectivity index (χ0) is 16.2. The molecule has 6 heteroatoms. The maximum Gasteiger partial charge on any atom is 0.278 e. The van der Waals surface area contributed by atoms with Crippen LogP contribution in [0.3, 0.4) is 0 Å². The number of nitrogens with zero attached hydrogens (tertiary/aromatic N) is 1. The Bertz CT molecular complexity index is 817. The molecule has 116 valence electrons. The van der Waals surface area contributed by atoms with Gasteiger partial charge in [0.15, 0.2) is 0 Å². The van der Waals surface area contributed by atoms with Crippen LogP contribution in [0.25, 0.3) is 0 Å². The Labute approximate surface area is 142 Å². The molecule has 0 aliphatic rings. The smallest absolute Gasteiger partial charge is 0.278 e. The Kier molecular flexibility index (Phi) is 4.60. The fourth-order valence-electron chi connectivity index (χ4n) is 1.95. The number of rotatable bonds is 4. The minimum Gasteiger partial charge on any atom is -0.431 e. The number of aromatic nitrogens is 1. The Morgan fingerprint density at radius 1 is 1.22 bits per heavy atom. The third-order valence-electron chi connectivity index (χ3n) is 3.10. The van der Waals surface area contributed by atoms with Crippen LogP contribution in [0.1, 0.15) is 15.9 Å². The zero-order valence-corrected chi connectivity index (χ0v) is 13.8. The molecule has 1 amide bonds. The van der Waals surface area contributed by atoms with Gasteiger partial charge in [0.2, 0.25) is 0 Å². The second-order valence-electron chi connectivity index (χ2n) is 4.86. The van der Waals surface area contributed by atoms with Crippen molar-refractivity contribution in [2.75, 3.05) is 5.32 Å². The summed E-state index contributed by atoms with van der Waals surface area (Å²) < 4.78 is 5.56. The molecular formula is C17H13ClN2O2S. The average Bonchev–Trinajstić information content (AvgIpc) is 3.04. The average molecular weight is 345 g/mol. The number of thiazole rings is 1. The monoisotopic (exact) mass is 344 g/mol. The van der Waals surface area contributed by atoms with Crippen LogP contribution in [-0.4, -0.2) is 10.9 Å². The highest BCUT2D eigenvalue weighted by Gasteiger charge is 2.09. The molecule has 0 unspecified atom stereocenters. The van der Waals surface area contributed by atoms with Crippen molar-refractivity contribution in [1.82, 2.24) is 4.98 Å². The molecule has 0 bridgehead atoms. The quantitative estimate of drug-likeness (QED) is 0.712. The second kappa shape index (κ2) is 6.81. The van der Waals surface area contributed by atoms with Gasteiger partial charge in [0.1, 0.15) is 5.75 Å². The van der Waals surface area contributed by atoms with E-state index in [2.05, 4.69) is 10.3 Å². The van der Waals surface area contributed by atoms with Crippen LogP contribution in [0, 0.1) is 6.92 Å². The predicted molar refractivity (Wildman–Crippen MR) is 92.8 cm³/mol. The van der Waals surface area contributed by atoms with Gasteiger partial charge in [0.05, 0.1) is 10.7 Å². The SMILES string of the molecule is Cc1ccc(NC(=O)c2ccc(Oc3nccs3)cc2)c(Cl)c1. The summed E-state index contributed by atoms with van der Waals surface area (Å²) in [4.78, 5) is 16.3. The van der Waals surface area contributed by atoms with Crippen molar-refractivity contribution < 1.29 is 9.53 Å². The first-order valence-electron chi connectivity index (χ1n) is 6.87. The molecule has 1 N–H and O–H groups in total. The number of carbonyl (C=O) groups excluding carboxylic acids is 1. The van der Waals surface area contributed by atoms with Crippen LogP contribution in [-0.2, 0) is 0 Å². The molecule has 0 radical (unpaired) electrons. The van der Waals surface area contributed by atoms with E-state index in [1.165, 1.54) is 11.3 Å². The van der Waals surface area contributed by atoms with E-state index in [-0.39, 0.29) is 5.91 Å². The third kappa shape index (κ3) is 3.88. The maximum absolute atomic E-state index is 12.3. The Balaban J connectivity index is 1.70. The van der Waals surface area contributed by atoms with Crippen molar-refractivity contribution >= 4 is 34.5 Å².